The van der Waals surface area contributed by atoms with E-state index in [-0.39, 0.29) is 12.6 Å². The Balaban J connectivity index is 1.87. The summed E-state index contributed by atoms with van der Waals surface area (Å²) >= 11 is 1.60. The molecule has 1 atom stereocenters. The highest BCUT2D eigenvalue weighted by Gasteiger charge is 2.27. The summed E-state index contributed by atoms with van der Waals surface area (Å²) in [6.07, 6.45) is -0.583. The highest BCUT2D eigenvalue weighted by Crippen LogP contribution is 2.33. The standard InChI is InChI=1S/C12H17F3N2OS/c1-16-8-3-2-4-9-11(8)17-10(19-9)5-6-18-7-12(13,14)15/h8,16H,2-7H2,1H3. The molecular formula is C12H17F3N2OS. The van der Waals surface area contributed by atoms with Gasteiger partial charge in [0.2, 0.25) is 0 Å². The largest absolute Gasteiger partial charge is 0.411 e. The van der Waals surface area contributed by atoms with Crippen LogP contribution in [0.25, 0.3) is 0 Å². The molecule has 1 aliphatic rings. The van der Waals surface area contributed by atoms with Gasteiger partial charge in [-0.25, -0.2) is 4.98 Å². The van der Waals surface area contributed by atoms with Crippen molar-refractivity contribution in [2.45, 2.75) is 37.9 Å². The minimum atomic E-state index is -4.25. The van der Waals surface area contributed by atoms with Gasteiger partial charge in [0.25, 0.3) is 0 Å². The van der Waals surface area contributed by atoms with Gasteiger partial charge in [-0.05, 0) is 26.3 Å². The molecule has 2 rings (SSSR count). The molecule has 0 aliphatic heterocycles. The summed E-state index contributed by atoms with van der Waals surface area (Å²) in [5, 5.41) is 4.09. The van der Waals surface area contributed by atoms with Crippen LogP contribution >= 0.6 is 11.3 Å². The van der Waals surface area contributed by atoms with Gasteiger partial charge in [-0.3, -0.25) is 0 Å². The van der Waals surface area contributed by atoms with Crippen molar-refractivity contribution in [3.63, 3.8) is 0 Å². The van der Waals surface area contributed by atoms with Gasteiger partial charge in [-0.2, -0.15) is 13.2 Å². The molecule has 108 valence electrons. The van der Waals surface area contributed by atoms with Crippen LogP contribution < -0.4 is 5.32 Å². The number of thiazole rings is 1. The molecule has 0 spiro atoms. The van der Waals surface area contributed by atoms with Gasteiger partial charge in [0.15, 0.2) is 0 Å². The Morgan fingerprint density at radius 3 is 2.95 bits per heavy atom. The molecular weight excluding hydrogens is 277 g/mol. The van der Waals surface area contributed by atoms with Crippen molar-refractivity contribution in [1.82, 2.24) is 10.3 Å². The molecule has 1 aromatic rings. The first-order valence-corrected chi connectivity index (χ1v) is 7.11. The Morgan fingerprint density at radius 2 is 2.26 bits per heavy atom. The summed E-state index contributed by atoms with van der Waals surface area (Å²) in [6, 6.07) is 0.282. The average Bonchev–Trinajstić information content (AvgIpc) is 2.76. The number of hydrogen-bond acceptors (Lipinski definition) is 4. The summed E-state index contributed by atoms with van der Waals surface area (Å²) in [6.45, 7) is -1.12. The van der Waals surface area contributed by atoms with Gasteiger partial charge in [-0.1, -0.05) is 0 Å². The molecule has 0 saturated carbocycles. The minimum absolute atomic E-state index is 0.0656. The van der Waals surface area contributed by atoms with E-state index in [0.29, 0.717) is 6.42 Å². The third-order valence-corrected chi connectivity index (χ3v) is 4.26. The SMILES string of the molecule is CNC1CCCc2sc(CCOCC(F)(F)F)nc21. The van der Waals surface area contributed by atoms with Crippen LogP contribution in [-0.2, 0) is 17.6 Å². The third kappa shape index (κ3) is 4.15. The zero-order valence-electron chi connectivity index (χ0n) is 10.7. The molecule has 7 heteroatoms. The molecule has 0 saturated heterocycles. The van der Waals surface area contributed by atoms with Crippen molar-refractivity contribution in [2.75, 3.05) is 20.3 Å². The summed E-state index contributed by atoms with van der Waals surface area (Å²) in [5.41, 5.74) is 1.07. The predicted molar refractivity (Wildman–Crippen MR) is 67.4 cm³/mol. The second-order valence-corrected chi connectivity index (χ2v) is 5.74. The van der Waals surface area contributed by atoms with E-state index in [1.54, 1.807) is 11.3 Å². The molecule has 0 fully saturated rings. The number of halogens is 3. The third-order valence-electron chi connectivity index (χ3n) is 3.07. The van der Waals surface area contributed by atoms with E-state index < -0.39 is 12.8 Å². The van der Waals surface area contributed by atoms with Crippen LogP contribution in [0, 0.1) is 0 Å². The maximum atomic E-state index is 11.9. The predicted octanol–water partition coefficient (Wildman–Crippen LogP) is 2.86. The molecule has 0 radical (unpaired) electrons. The molecule has 1 heterocycles. The first-order chi connectivity index (χ1) is 8.99. The van der Waals surface area contributed by atoms with Crippen LogP contribution in [0.3, 0.4) is 0 Å². The van der Waals surface area contributed by atoms with Gasteiger partial charge in [-0.15, -0.1) is 11.3 Å². The monoisotopic (exact) mass is 294 g/mol. The van der Waals surface area contributed by atoms with Crippen molar-refractivity contribution in [3.8, 4) is 0 Å². The second-order valence-electron chi connectivity index (χ2n) is 4.57. The molecule has 0 bridgehead atoms. The lowest BCUT2D eigenvalue weighted by molar-refractivity contribution is -0.173. The summed E-state index contributed by atoms with van der Waals surface area (Å²) < 4.78 is 40.4. The van der Waals surface area contributed by atoms with Crippen LogP contribution in [0.2, 0.25) is 0 Å². The zero-order valence-corrected chi connectivity index (χ0v) is 11.5. The van der Waals surface area contributed by atoms with Crippen LogP contribution in [0.5, 0.6) is 0 Å². The molecule has 1 unspecified atom stereocenters. The topological polar surface area (TPSA) is 34.1 Å². The normalized spacial score (nSPS) is 19.5. The fourth-order valence-electron chi connectivity index (χ4n) is 2.20. The first-order valence-electron chi connectivity index (χ1n) is 6.30. The molecule has 1 N–H and O–H groups in total. The number of fused-ring (bicyclic) bond motifs is 1. The van der Waals surface area contributed by atoms with Crippen LogP contribution in [-0.4, -0.2) is 31.4 Å². The van der Waals surface area contributed by atoms with E-state index in [4.69, 9.17) is 0 Å². The highest BCUT2D eigenvalue weighted by atomic mass is 32.1. The Morgan fingerprint density at radius 1 is 1.47 bits per heavy atom. The number of nitrogens with zero attached hydrogens (tertiary/aromatic N) is 1. The molecule has 1 aliphatic carbocycles. The summed E-state index contributed by atoms with van der Waals surface area (Å²) in [5.74, 6) is 0. The summed E-state index contributed by atoms with van der Waals surface area (Å²) in [4.78, 5) is 5.79. The number of nitrogens with one attached hydrogen (secondary N) is 1. The lowest BCUT2D eigenvalue weighted by Crippen LogP contribution is -2.21. The van der Waals surface area contributed by atoms with Crippen molar-refractivity contribution < 1.29 is 17.9 Å². The van der Waals surface area contributed by atoms with Gasteiger partial charge in [0.1, 0.15) is 6.61 Å². The van der Waals surface area contributed by atoms with Crippen molar-refractivity contribution in [3.05, 3.63) is 15.6 Å². The van der Waals surface area contributed by atoms with Crippen molar-refractivity contribution in [1.29, 1.82) is 0 Å². The second kappa shape index (κ2) is 6.19. The number of rotatable bonds is 5. The van der Waals surface area contributed by atoms with Gasteiger partial charge in [0.05, 0.1) is 23.4 Å². The fourth-order valence-corrected chi connectivity index (χ4v) is 3.36. The Kier molecular flexibility index (Phi) is 4.81. The maximum Gasteiger partial charge on any atom is 0.411 e. The van der Waals surface area contributed by atoms with Crippen LogP contribution in [0.1, 0.15) is 34.5 Å². The molecule has 19 heavy (non-hydrogen) atoms. The zero-order chi connectivity index (χ0) is 13.9. The minimum Gasteiger partial charge on any atom is -0.372 e. The lowest BCUT2D eigenvalue weighted by atomic mass is 9.98. The number of hydrogen-bond donors (Lipinski definition) is 1. The Hall–Kier alpha value is -0.660. The Labute approximate surface area is 114 Å². The highest BCUT2D eigenvalue weighted by molar-refractivity contribution is 7.11. The molecule has 1 aromatic heterocycles. The maximum absolute atomic E-state index is 11.9. The molecule has 0 aromatic carbocycles. The quantitative estimate of drug-likeness (QED) is 0.848. The average molecular weight is 294 g/mol. The summed E-state index contributed by atoms with van der Waals surface area (Å²) in [7, 11) is 1.91. The van der Waals surface area contributed by atoms with Gasteiger partial charge >= 0.3 is 6.18 Å². The number of ether oxygens (including phenoxy) is 1. The van der Waals surface area contributed by atoms with E-state index in [1.165, 1.54) is 4.88 Å². The number of aromatic nitrogens is 1. The Bertz CT molecular complexity index is 420. The molecule has 3 nitrogen and oxygen atoms in total. The smallest absolute Gasteiger partial charge is 0.372 e. The number of alkyl halides is 3. The van der Waals surface area contributed by atoms with E-state index in [2.05, 4.69) is 15.0 Å². The number of aryl methyl sites for hydroxylation is 1. The lowest BCUT2D eigenvalue weighted by Gasteiger charge is -2.19. The van der Waals surface area contributed by atoms with E-state index in [0.717, 1.165) is 30.0 Å². The first kappa shape index (κ1) is 14.7. The van der Waals surface area contributed by atoms with Crippen LogP contribution in [0.4, 0.5) is 13.2 Å². The van der Waals surface area contributed by atoms with E-state index in [9.17, 15) is 13.2 Å². The van der Waals surface area contributed by atoms with Crippen LogP contribution in [0.15, 0.2) is 0 Å². The molecule has 0 amide bonds. The van der Waals surface area contributed by atoms with Crippen molar-refractivity contribution in [2.24, 2.45) is 0 Å². The van der Waals surface area contributed by atoms with E-state index in [1.807, 2.05) is 7.05 Å². The van der Waals surface area contributed by atoms with Gasteiger partial charge < -0.3 is 10.1 Å². The van der Waals surface area contributed by atoms with Gasteiger partial charge in [0, 0.05) is 11.3 Å². The van der Waals surface area contributed by atoms with E-state index >= 15 is 0 Å². The van der Waals surface area contributed by atoms with Crippen molar-refractivity contribution >= 4 is 11.3 Å². The fraction of sp³-hybridized carbons (Fsp3) is 0.750.